The molecule has 1 N–H and O–H groups in total. The number of hydrogen-bond acceptors (Lipinski definition) is 2. The molecule has 2 nitrogen and oxygen atoms in total. The predicted molar refractivity (Wildman–Crippen MR) is 75.4 cm³/mol. The maximum atomic E-state index is 10.4. The van der Waals surface area contributed by atoms with E-state index in [2.05, 4.69) is 18.8 Å². The zero-order valence-corrected chi connectivity index (χ0v) is 11.1. The second-order valence-corrected chi connectivity index (χ2v) is 5.06. The average Bonchev–Trinajstić information content (AvgIpc) is 2.38. The summed E-state index contributed by atoms with van der Waals surface area (Å²) in [4.78, 5) is 4.33. The zero-order chi connectivity index (χ0) is 13.0. The first-order chi connectivity index (χ1) is 8.72. The van der Waals surface area contributed by atoms with Crippen LogP contribution in [0.4, 0.5) is 0 Å². The van der Waals surface area contributed by atoms with E-state index in [1.54, 1.807) is 6.20 Å². The van der Waals surface area contributed by atoms with E-state index in [1.165, 1.54) is 12.8 Å². The molecule has 1 aromatic carbocycles. The first-order valence-electron chi connectivity index (χ1n) is 6.74. The molecule has 96 valence electrons. The highest BCUT2D eigenvalue weighted by molar-refractivity contribution is 5.82. The smallest absolute Gasteiger partial charge is 0.0799 e. The molecular weight excluding hydrogens is 222 g/mol. The summed E-state index contributed by atoms with van der Waals surface area (Å²) in [5.41, 5.74) is 1.96. The Hall–Kier alpha value is -1.41. The summed E-state index contributed by atoms with van der Waals surface area (Å²) in [5.74, 6) is 0.553. The molecule has 2 aromatic rings. The van der Waals surface area contributed by atoms with E-state index in [0.29, 0.717) is 5.92 Å². The van der Waals surface area contributed by atoms with Crippen LogP contribution in [0.1, 0.15) is 44.8 Å². The van der Waals surface area contributed by atoms with Crippen LogP contribution in [-0.4, -0.2) is 10.1 Å². The highest BCUT2D eigenvalue weighted by Gasteiger charge is 2.14. The molecule has 0 aliphatic rings. The van der Waals surface area contributed by atoms with Crippen LogP contribution in [-0.2, 0) is 0 Å². The van der Waals surface area contributed by atoms with Gasteiger partial charge in [0.15, 0.2) is 0 Å². The lowest BCUT2D eigenvalue weighted by Crippen LogP contribution is -2.05. The van der Waals surface area contributed by atoms with Crippen LogP contribution < -0.4 is 0 Å². The Bertz CT molecular complexity index is 504. The minimum Gasteiger partial charge on any atom is -0.388 e. The minimum absolute atomic E-state index is 0.389. The number of fused-ring (bicyclic) bond motifs is 1. The van der Waals surface area contributed by atoms with Crippen molar-refractivity contribution in [3.05, 3.63) is 42.1 Å². The third-order valence-corrected chi connectivity index (χ3v) is 3.45. The Labute approximate surface area is 109 Å². The van der Waals surface area contributed by atoms with Gasteiger partial charge in [0.25, 0.3) is 0 Å². The van der Waals surface area contributed by atoms with Crippen molar-refractivity contribution in [2.75, 3.05) is 0 Å². The number of benzene rings is 1. The normalized spacial score (nSPS) is 14.6. The van der Waals surface area contributed by atoms with Crippen molar-refractivity contribution in [3.63, 3.8) is 0 Å². The Morgan fingerprint density at radius 1 is 1.22 bits per heavy atom. The van der Waals surface area contributed by atoms with Crippen LogP contribution in [0.25, 0.3) is 10.9 Å². The summed E-state index contributed by atoms with van der Waals surface area (Å²) < 4.78 is 0. The Morgan fingerprint density at radius 3 is 2.78 bits per heavy atom. The predicted octanol–water partition coefficient (Wildman–Crippen LogP) is 4.09. The molecule has 0 bridgehead atoms. The molecular formula is C16H21NO. The van der Waals surface area contributed by atoms with Gasteiger partial charge in [0.05, 0.1) is 11.6 Å². The van der Waals surface area contributed by atoms with Gasteiger partial charge in [0, 0.05) is 11.6 Å². The van der Waals surface area contributed by atoms with E-state index in [-0.39, 0.29) is 6.10 Å². The van der Waals surface area contributed by atoms with Gasteiger partial charge in [-0.1, -0.05) is 44.9 Å². The van der Waals surface area contributed by atoms with Crippen LogP contribution in [0.3, 0.4) is 0 Å². The summed E-state index contributed by atoms with van der Waals surface area (Å²) in [6, 6.07) is 9.93. The van der Waals surface area contributed by atoms with Crippen LogP contribution in [0.5, 0.6) is 0 Å². The monoisotopic (exact) mass is 243 g/mol. The van der Waals surface area contributed by atoms with Gasteiger partial charge in [-0.2, -0.15) is 0 Å². The highest BCUT2D eigenvalue weighted by atomic mass is 16.3. The standard InChI is InChI=1S/C16H21NO/c1-3-6-12(2)11-16(18)14-9-10-17-15-8-5-4-7-13(14)15/h4-5,7-10,12,16,18H,3,6,11H2,1-2H3. The van der Waals surface area contributed by atoms with E-state index in [4.69, 9.17) is 0 Å². The van der Waals surface area contributed by atoms with E-state index in [0.717, 1.165) is 22.9 Å². The molecule has 0 saturated heterocycles. The minimum atomic E-state index is -0.389. The molecule has 0 aliphatic carbocycles. The number of hydrogen-bond donors (Lipinski definition) is 1. The molecule has 0 amide bonds. The zero-order valence-electron chi connectivity index (χ0n) is 11.1. The Balaban J connectivity index is 2.24. The van der Waals surface area contributed by atoms with Gasteiger partial charge in [0.1, 0.15) is 0 Å². The summed E-state index contributed by atoms with van der Waals surface area (Å²) in [5, 5.41) is 11.5. The SMILES string of the molecule is CCCC(C)CC(O)c1ccnc2ccccc12. The van der Waals surface area contributed by atoms with Gasteiger partial charge in [-0.15, -0.1) is 0 Å². The maximum Gasteiger partial charge on any atom is 0.0799 e. The fourth-order valence-electron chi connectivity index (χ4n) is 2.53. The molecule has 2 atom stereocenters. The lowest BCUT2D eigenvalue weighted by atomic mass is 9.93. The fourth-order valence-corrected chi connectivity index (χ4v) is 2.53. The second-order valence-electron chi connectivity index (χ2n) is 5.06. The third kappa shape index (κ3) is 2.88. The summed E-state index contributed by atoms with van der Waals surface area (Å²) in [6.45, 7) is 4.39. The van der Waals surface area contributed by atoms with E-state index < -0.39 is 0 Å². The molecule has 2 unspecified atom stereocenters. The van der Waals surface area contributed by atoms with Crippen molar-refractivity contribution in [2.45, 2.75) is 39.2 Å². The number of aliphatic hydroxyl groups excluding tert-OH is 1. The molecule has 1 aromatic heterocycles. The summed E-state index contributed by atoms with van der Waals surface area (Å²) in [6.07, 6.45) is 4.55. The number of rotatable bonds is 5. The van der Waals surface area contributed by atoms with E-state index in [1.807, 2.05) is 30.3 Å². The molecule has 0 radical (unpaired) electrons. The first kappa shape index (κ1) is 13.0. The molecule has 0 fully saturated rings. The lowest BCUT2D eigenvalue weighted by Gasteiger charge is -2.17. The number of para-hydroxylation sites is 1. The van der Waals surface area contributed by atoms with Crippen LogP contribution in [0.15, 0.2) is 36.5 Å². The highest BCUT2D eigenvalue weighted by Crippen LogP contribution is 2.28. The molecule has 0 spiro atoms. The molecule has 2 rings (SSSR count). The van der Waals surface area contributed by atoms with Crippen molar-refractivity contribution < 1.29 is 5.11 Å². The molecule has 1 heterocycles. The van der Waals surface area contributed by atoms with Crippen LogP contribution >= 0.6 is 0 Å². The Kier molecular flexibility index (Phi) is 4.32. The topological polar surface area (TPSA) is 33.1 Å². The van der Waals surface area contributed by atoms with Crippen molar-refractivity contribution in [2.24, 2.45) is 5.92 Å². The van der Waals surface area contributed by atoms with Gasteiger partial charge < -0.3 is 5.11 Å². The first-order valence-corrected chi connectivity index (χ1v) is 6.74. The number of pyridine rings is 1. The van der Waals surface area contributed by atoms with Gasteiger partial charge >= 0.3 is 0 Å². The van der Waals surface area contributed by atoms with Crippen molar-refractivity contribution in [3.8, 4) is 0 Å². The number of nitrogens with zero attached hydrogens (tertiary/aromatic N) is 1. The maximum absolute atomic E-state index is 10.4. The molecule has 2 heteroatoms. The largest absolute Gasteiger partial charge is 0.388 e. The van der Waals surface area contributed by atoms with E-state index >= 15 is 0 Å². The fraction of sp³-hybridized carbons (Fsp3) is 0.438. The van der Waals surface area contributed by atoms with Gasteiger partial charge in [0.2, 0.25) is 0 Å². The molecule has 0 aliphatic heterocycles. The van der Waals surface area contributed by atoms with Gasteiger partial charge in [-0.05, 0) is 30.0 Å². The number of aliphatic hydroxyl groups is 1. The average molecular weight is 243 g/mol. The Morgan fingerprint density at radius 2 is 2.00 bits per heavy atom. The van der Waals surface area contributed by atoms with Crippen LogP contribution in [0.2, 0.25) is 0 Å². The van der Waals surface area contributed by atoms with Crippen LogP contribution in [0, 0.1) is 5.92 Å². The molecule has 18 heavy (non-hydrogen) atoms. The van der Waals surface area contributed by atoms with Gasteiger partial charge in [-0.3, -0.25) is 4.98 Å². The van der Waals surface area contributed by atoms with Crippen molar-refractivity contribution in [1.29, 1.82) is 0 Å². The van der Waals surface area contributed by atoms with E-state index in [9.17, 15) is 5.11 Å². The lowest BCUT2D eigenvalue weighted by molar-refractivity contribution is 0.146. The summed E-state index contributed by atoms with van der Waals surface area (Å²) in [7, 11) is 0. The second kappa shape index (κ2) is 5.96. The summed E-state index contributed by atoms with van der Waals surface area (Å²) >= 11 is 0. The molecule has 0 saturated carbocycles. The quantitative estimate of drug-likeness (QED) is 0.857. The van der Waals surface area contributed by atoms with Gasteiger partial charge in [-0.25, -0.2) is 0 Å². The number of aromatic nitrogens is 1. The third-order valence-electron chi connectivity index (χ3n) is 3.45. The van der Waals surface area contributed by atoms with Crippen molar-refractivity contribution >= 4 is 10.9 Å². The van der Waals surface area contributed by atoms with Crippen molar-refractivity contribution in [1.82, 2.24) is 4.98 Å².